The molecule has 1 saturated heterocycles. The van der Waals surface area contributed by atoms with Crippen LogP contribution in [0, 0.1) is 0 Å². The van der Waals surface area contributed by atoms with Crippen molar-refractivity contribution in [2.75, 3.05) is 25.0 Å². The molecule has 138 valence electrons. The summed E-state index contributed by atoms with van der Waals surface area (Å²) in [5.41, 5.74) is 1.78. The highest BCUT2D eigenvalue weighted by Gasteiger charge is 2.46. The van der Waals surface area contributed by atoms with Crippen molar-refractivity contribution in [2.24, 2.45) is 0 Å². The van der Waals surface area contributed by atoms with E-state index in [0.717, 1.165) is 37.7 Å². The molecule has 0 unspecified atom stereocenters. The van der Waals surface area contributed by atoms with E-state index in [1.807, 2.05) is 12.1 Å². The third kappa shape index (κ3) is 3.39. The van der Waals surface area contributed by atoms with Crippen molar-refractivity contribution in [1.29, 1.82) is 0 Å². The van der Waals surface area contributed by atoms with E-state index in [-0.39, 0.29) is 18.5 Å². The first-order valence-corrected chi connectivity index (χ1v) is 9.50. The number of halogens is 1. The summed E-state index contributed by atoms with van der Waals surface area (Å²) >= 11 is 0. The van der Waals surface area contributed by atoms with Gasteiger partial charge in [0.25, 0.3) is 0 Å². The normalized spacial score (nSPS) is 24.2. The van der Waals surface area contributed by atoms with Crippen LogP contribution in [0.5, 0.6) is 0 Å². The number of nitrogens with zero attached hydrogens (tertiary/aromatic N) is 2. The van der Waals surface area contributed by atoms with E-state index in [9.17, 15) is 4.79 Å². The van der Waals surface area contributed by atoms with Crippen LogP contribution in [0.25, 0.3) is 0 Å². The Morgan fingerprint density at radius 3 is 2.36 bits per heavy atom. The Hall–Kier alpha value is -1.26. The summed E-state index contributed by atoms with van der Waals surface area (Å²) in [5.74, 6) is 0. The van der Waals surface area contributed by atoms with Crippen LogP contribution in [0.15, 0.2) is 24.3 Å². The molecule has 2 heterocycles. The number of hydrogen-bond acceptors (Lipinski definition) is 3. The molecule has 5 heteroatoms. The van der Waals surface area contributed by atoms with Crippen molar-refractivity contribution in [2.45, 2.75) is 63.0 Å². The molecule has 25 heavy (non-hydrogen) atoms. The van der Waals surface area contributed by atoms with E-state index < -0.39 is 5.60 Å². The van der Waals surface area contributed by atoms with E-state index >= 15 is 0 Å². The summed E-state index contributed by atoms with van der Waals surface area (Å²) in [4.78, 5) is 16.6. The number of benzene rings is 1. The zero-order valence-electron chi connectivity index (χ0n) is 15.1. The lowest BCUT2D eigenvalue weighted by molar-refractivity contribution is -0.0501. The molecule has 4 nitrogen and oxygen atoms in total. The number of hydrogen-bond donors (Lipinski definition) is 0. The van der Waals surface area contributed by atoms with E-state index in [1.165, 1.54) is 44.1 Å². The Kier molecular flexibility index (Phi) is 5.59. The molecule has 0 radical (unpaired) electrons. The molecule has 0 bridgehead atoms. The van der Waals surface area contributed by atoms with Gasteiger partial charge in [-0.15, -0.1) is 12.4 Å². The number of anilines is 1. The number of rotatable bonds is 1. The smallest absolute Gasteiger partial charge is 0.414 e. The number of carbonyl (C=O) groups is 1. The van der Waals surface area contributed by atoms with Gasteiger partial charge in [0, 0.05) is 44.6 Å². The number of amides is 1. The first-order chi connectivity index (χ1) is 11.7. The summed E-state index contributed by atoms with van der Waals surface area (Å²) in [6.07, 6.45) is 9.83. The molecule has 1 aromatic carbocycles. The van der Waals surface area contributed by atoms with Crippen LogP contribution in [0.1, 0.15) is 56.9 Å². The number of likely N-dealkylation sites (tertiary alicyclic amines) is 1. The Labute approximate surface area is 156 Å². The van der Waals surface area contributed by atoms with Gasteiger partial charge in [-0.3, -0.25) is 4.90 Å². The molecule has 0 N–H and O–H groups in total. The van der Waals surface area contributed by atoms with E-state index in [0.29, 0.717) is 0 Å². The largest absolute Gasteiger partial charge is 0.437 e. The van der Waals surface area contributed by atoms with Crippen molar-refractivity contribution in [1.82, 2.24) is 4.90 Å². The summed E-state index contributed by atoms with van der Waals surface area (Å²) in [6, 6.07) is 8.98. The van der Waals surface area contributed by atoms with Gasteiger partial charge in [0.2, 0.25) is 0 Å². The first-order valence-electron chi connectivity index (χ1n) is 9.50. The molecule has 1 aromatic rings. The van der Waals surface area contributed by atoms with Crippen LogP contribution in [0.4, 0.5) is 10.5 Å². The van der Waals surface area contributed by atoms with Gasteiger partial charge in [0.1, 0.15) is 5.60 Å². The Morgan fingerprint density at radius 1 is 1.04 bits per heavy atom. The highest BCUT2D eigenvalue weighted by molar-refractivity contribution is 5.91. The molecule has 0 atom stereocenters. The summed E-state index contributed by atoms with van der Waals surface area (Å²) in [6.45, 7) is 2.08. The Balaban J connectivity index is 0.00000182. The number of para-hydroxylation sites is 1. The molecule has 3 aliphatic rings. The first kappa shape index (κ1) is 18.5. The second-order valence-corrected chi connectivity index (χ2v) is 7.62. The number of ether oxygens (including phenoxy) is 1. The van der Waals surface area contributed by atoms with Crippen LogP contribution in [-0.4, -0.2) is 37.2 Å². The van der Waals surface area contributed by atoms with Crippen LogP contribution < -0.4 is 4.90 Å². The molecular weight excluding hydrogens is 336 g/mol. The van der Waals surface area contributed by atoms with Gasteiger partial charge in [0.15, 0.2) is 0 Å². The molecule has 1 spiro atoms. The zero-order valence-corrected chi connectivity index (χ0v) is 15.9. The van der Waals surface area contributed by atoms with Gasteiger partial charge in [-0.1, -0.05) is 43.9 Å². The monoisotopic (exact) mass is 364 g/mol. The predicted molar refractivity (Wildman–Crippen MR) is 103 cm³/mol. The molecule has 2 aliphatic heterocycles. The van der Waals surface area contributed by atoms with Crippen molar-refractivity contribution >= 4 is 24.2 Å². The summed E-state index contributed by atoms with van der Waals surface area (Å²) in [7, 11) is 1.80. The summed E-state index contributed by atoms with van der Waals surface area (Å²) < 4.78 is 5.97. The average molecular weight is 365 g/mol. The second-order valence-electron chi connectivity index (χ2n) is 7.62. The minimum atomic E-state index is -0.415. The third-order valence-electron chi connectivity index (χ3n) is 6.26. The van der Waals surface area contributed by atoms with Crippen LogP contribution in [0.2, 0.25) is 0 Å². The van der Waals surface area contributed by atoms with Crippen molar-refractivity contribution < 1.29 is 9.53 Å². The van der Waals surface area contributed by atoms with Gasteiger partial charge in [-0.25, -0.2) is 4.79 Å². The molecular formula is C20H29ClN2O2. The molecule has 1 aliphatic carbocycles. The Bertz CT molecular complexity index is 605. The fourth-order valence-electron chi connectivity index (χ4n) is 4.79. The third-order valence-corrected chi connectivity index (χ3v) is 6.26. The maximum atomic E-state index is 12.3. The van der Waals surface area contributed by atoms with Gasteiger partial charge < -0.3 is 9.64 Å². The highest BCUT2D eigenvalue weighted by Crippen LogP contribution is 2.45. The fraction of sp³-hybridized carbons (Fsp3) is 0.650. The second kappa shape index (κ2) is 7.55. The number of piperidine rings is 1. The lowest BCUT2D eigenvalue weighted by Gasteiger charge is -2.47. The lowest BCUT2D eigenvalue weighted by atomic mass is 9.81. The van der Waals surface area contributed by atoms with E-state index in [4.69, 9.17) is 4.74 Å². The average Bonchev–Trinajstić information content (AvgIpc) is 2.90. The number of fused-ring (bicyclic) bond motifs is 2. The fourth-order valence-corrected chi connectivity index (χ4v) is 4.79. The van der Waals surface area contributed by atoms with Crippen LogP contribution in [0.3, 0.4) is 0 Å². The van der Waals surface area contributed by atoms with Crippen molar-refractivity contribution in [3.05, 3.63) is 29.8 Å². The van der Waals surface area contributed by atoms with Crippen LogP contribution >= 0.6 is 12.4 Å². The SMILES string of the molecule is CN1C(=O)OC2(CCN(C3CCCCCC3)CC2)c2ccccc21.Cl. The van der Waals surface area contributed by atoms with Crippen LogP contribution in [-0.2, 0) is 10.3 Å². The lowest BCUT2D eigenvalue weighted by Crippen LogP contribution is -2.52. The molecule has 1 amide bonds. The van der Waals surface area contributed by atoms with Gasteiger partial charge in [0.05, 0.1) is 5.69 Å². The number of carbonyl (C=O) groups excluding carboxylic acids is 1. The minimum Gasteiger partial charge on any atom is -0.437 e. The minimum absolute atomic E-state index is 0. The van der Waals surface area contributed by atoms with Gasteiger partial charge in [-0.2, -0.15) is 0 Å². The van der Waals surface area contributed by atoms with Crippen molar-refractivity contribution in [3.8, 4) is 0 Å². The van der Waals surface area contributed by atoms with Gasteiger partial charge in [-0.05, 0) is 18.9 Å². The molecule has 1 saturated carbocycles. The molecule has 4 rings (SSSR count). The standard InChI is InChI=1S/C20H28N2O2.ClH/c1-21-18-11-7-6-10-17(18)20(24-19(21)23)12-14-22(15-13-20)16-8-4-2-3-5-9-16;/h6-7,10-11,16H,2-5,8-9,12-15H2,1H3;1H. The zero-order chi connectivity index (χ0) is 16.6. The van der Waals surface area contributed by atoms with Crippen molar-refractivity contribution in [3.63, 3.8) is 0 Å². The topological polar surface area (TPSA) is 32.8 Å². The molecule has 0 aromatic heterocycles. The predicted octanol–water partition coefficient (Wildman–Crippen LogP) is 4.71. The van der Waals surface area contributed by atoms with E-state index in [2.05, 4.69) is 17.0 Å². The Morgan fingerprint density at radius 2 is 1.68 bits per heavy atom. The molecule has 2 fully saturated rings. The maximum Gasteiger partial charge on any atom is 0.414 e. The summed E-state index contributed by atoms with van der Waals surface area (Å²) in [5, 5.41) is 0. The van der Waals surface area contributed by atoms with Gasteiger partial charge >= 0.3 is 6.09 Å². The highest BCUT2D eigenvalue weighted by atomic mass is 35.5. The van der Waals surface area contributed by atoms with E-state index in [1.54, 1.807) is 11.9 Å². The maximum absolute atomic E-state index is 12.3. The quantitative estimate of drug-likeness (QED) is 0.676.